The van der Waals surface area contributed by atoms with Gasteiger partial charge in [0.05, 0.1) is 12.9 Å². The zero-order valence-corrected chi connectivity index (χ0v) is 16.0. The Kier molecular flexibility index (Phi) is 6.29. The van der Waals surface area contributed by atoms with Crippen LogP contribution in [0.5, 0.6) is 5.75 Å². The highest BCUT2D eigenvalue weighted by Crippen LogP contribution is 2.16. The average molecular weight is 375 g/mol. The van der Waals surface area contributed by atoms with Crippen LogP contribution in [-0.4, -0.2) is 56.7 Å². The van der Waals surface area contributed by atoms with Gasteiger partial charge in [0.1, 0.15) is 5.75 Å². The SMILES string of the molecule is COc1cccc(CN2CCN(S(=O)(=O)CCc3ccccc3)CC2)c1. The molecule has 1 aliphatic rings. The van der Waals surface area contributed by atoms with Gasteiger partial charge in [-0.25, -0.2) is 8.42 Å². The first kappa shape index (κ1) is 18.9. The lowest BCUT2D eigenvalue weighted by Crippen LogP contribution is -2.49. The maximum atomic E-state index is 12.6. The van der Waals surface area contributed by atoms with Crippen LogP contribution in [0, 0.1) is 0 Å². The normalized spacial score (nSPS) is 16.5. The third-order valence-corrected chi connectivity index (χ3v) is 6.63. The standard InChI is InChI=1S/C20H26N2O3S/c1-25-20-9-5-8-19(16-20)17-21-11-13-22(14-12-21)26(23,24)15-10-18-6-3-2-4-7-18/h2-9,16H,10-15,17H2,1H3. The summed E-state index contributed by atoms with van der Waals surface area (Å²) in [6, 6.07) is 17.8. The summed E-state index contributed by atoms with van der Waals surface area (Å²) in [6.45, 7) is 3.43. The van der Waals surface area contributed by atoms with E-state index in [1.807, 2.05) is 48.5 Å². The summed E-state index contributed by atoms with van der Waals surface area (Å²) >= 11 is 0. The molecule has 0 amide bonds. The lowest BCUT2D eigenvalue weighted by molar-refractivity contribution is 0.181. The minimum absolute atomic E-state index is 0.174. The first-order chi connectivity index (χ1) is 12.6. The molecule has 2 aromatic rings. The van der Waals surface area contributed by atoms with Gasteiger partial charge < -0.3 is 4.74 Å². The largest absolute Gasteiger partial charge is 0.497 e. The first-order valence-corrected chi connectivity index (χ1v) is 10.5. The molecule has 1 fully saturated rings. The molecule has 140 valence electrons. The minimum Gasteiger partial charge on any atom is -0.497 e. The summed E-state index contributed by atoms with van der Waals surface area (Å²) in [4.78, 5) is 2.29. The fourth-order valence-electron chi connectivity index (χ4n) is 3.22. The Morgan fingerprint density at radius 1 is 0.923 bits per heavy atom. The molecule has 0 spiro atoms. The van der Waals surface area contributed by atoms with Gasteiger partial charge in [0.15, 0.2) is 0 Å². The Balaban J connectivity index is 1.50. The molecule has 3 rings (SSSR count). The van der Waals surface area contributed by atoms with Crippen LogP contribution in [0.25, 0.3) is 0 Å². The third kappa shape index (κ3) is 5.06. The molecule has 1 aliphatic heterocycles. The number of piperazine rings is 1. The molecule has 0 bridgehead atoms. The van der Waals surface area contributed by atoms with E-state index < -0.39 is 10.0 Å². The summed E-state index contributed by atoms with van der Waals surface area (Å²) in [7, 11) is -1.54. The maximum absolute atomic E-state index is 12.6. The molecule has 0 aliphatic carbocycles. The zero-order chi connectivity index (χ0) is 18.4. The van der Waals surface area contributed by atoms with Crippen LogP contribution in [0.3, 0.4) is 0 Å². The van der Waals surface area contributed by atoms with Gasteiger partial charge in [-0.1, -0.05) is 42.5 Å². The van der Waals surface area contributed by atoms with Crippen molar-refractivity contribution in [2.45, 2.75) is 13.0 Å². The Hall–Kier alpha value is -1.89. The lowest BCUT2D eigenvalue weighted by atomic mass is 10.2. The molecule has 0 atom stereocenters. The summed E-state index contributed by atoms with van der Waals surface area (Å²) in [5.74, 6) is 1.03. The number of ether oxygens (including phenoxy) is 1. The number of nitrogens with zero attached hydrogens (tertiary/aromatic N) is 2. The second kappa shape index (κ2) is 8.66. The molecule has 2 aromatic carbocycles. The molecule has 5 nitrogen and oxygen atoms in total. The number of hydrogen-bond donors (Lipinski definition) is 0. The van der Waals surface area contributed by atoms with Crippen molar-refractivity contribution in [2.75, 3.05) is 39.0 Å². The highest BCUT2D eigenvalue weighted by molar-refractivity contribution is 7.89. The van der Waals surface area contributed by atoms with Crippen LogP contribution in [0.15, 0.2) is 54.6 Å². The Morgan fingerprint density at radius 3 is 2.31 bits per heavy atom. The number of hydrogen-bond acceptors (Lipinski definition) is 4. The molecule has 0 radical (unpaired) electrons. The van der Waals surface area contributed by atoms with E-state index in [0.29, 0.717) is 19.5 Å². The van der Waals surface area contributed by atoms with Crippen molar-refractivity contribution < 1.29 is 13.2 Å². The molecule has 0 unspecified atom stereocenters. The van der Waals surface area contributed by atoms with Crippen molar-refractivity contribution in [2.24, 2.45) is 0 Å². The van der Waals surface area contributed by atoms with Crippen LogP contribution in [0.4, 0.5) is 0 Å². The van der Waals surface area contributed by atoms with Crippen molar-refractivity contribution >= 4 is 10.0 Å². The van der Waals surface area contributed by atoms with Crippen molar-refractivity contribution in [1.82, 2.24) is 9.21 Å². The van der Waals surface area contributed by atoms with E-state index in [9.17, 15) is 8.42 Å². The average Bonchev–Trinajstić information content (AvgIpc) is 2.68. The second-order valence-corrected chi connectivity index (χ2v) is 8.67. The van der Waals surface area contributed by atoms with Gasteiger partial charge in [-0.15, -0.1) is 0 Å². The van der Waals surface area contributed by atoms with Crippen molar-refractivity contribution in [3.63, 3.8) is 0 Å². The van der Waals surface area contributed by atoms with Gasteiger partial charge in [-0.05, 0) is 29.7 Å². The summed E-state index contributed by atoms with van der Waals surface area (Å²) in [6.07, 6.45) is 0.563. The molecule has 6 heteroatoms. The number of sulfonamides is 1. The Bertz CT molecular complexity index is 801. The van der Waals surface area contributed by atoms with Gasteiger partial charge in [-0.3, -0.25) is 4.90 Å². The fourth-order valence-corrected chi connectivity index (χ4v) is 4.69. The fraction of sp³-hybridized carbons (Fsp3) is 0.400. The van der Waals surface area contributed by atoms with Crippen LogP contribution < -0.4 is 4.74 Å². The topological polar surface area (TPSA) is 49.9 Å². The van der Waals surface area contributed by atoms with Crippen molar-refractivity contribution in [1.29, 1.82) is 0 Å². The molecule has 0 saturated carbocycles. The Morgan fingerprint density at radius 2 is 1.62 bits per heavy atom. The van der Waals surface area contributed by atoms with E-state index >= 15 is 0 Å². The third-order valence-electron chi connectivity index (χ3n) is 4.76. The van der Waals surface area contributed by atoms with Gasteiger partial charge in [0, 0.05) is 32.7 Å². The quantitative estimate of drug-likeness (QED) is 0.747. The van der Waals surface area contributed by atoms with Gasteiger partial charge in [0.25, 0.3) is 0 Å². The first-order valence-electron chi connectivity index (χ1n) is 8.94. The predicted molar refractivity (Wildman–Crippen MR) is 104 cm³/mol. The van der Waals surface area contributed by atoms with Crippen LogP contribution >= 0.6 is 0 Å². The molecule has 0 aromatic heterocycles. The van der Waals surface area contributed by atoms with Crippen molar-refractivity contribution in [3.05, 3.63) is 65.7 Å². The smallest absolute Gasteiger partial charge is 0.214 e. The molecule has 1 heterocycles. The van der Waals surface area contributed by atoms with Crippen molar-refractivity contribution in [3.8, 4) is 5.75 Å². The minimum atomic E-state index is -3.20. The summed E-state index contributed by atoms with van der Waals surface area (Å²) in [5.41, 5.74) is 2.25. The monoisotopic (exact) mass is 374 g/mol. The van der Waals surface area contributed by atoms with E-state index in [1.54, 1.807) is 11.4 Å². The highest BCUT2D eigenvalue weighted by atomic mass is 32.2. The molecular weight excluding hydrogens is 348 g/mol. The predicted octanol–water partition coefficient (Wildman–Crippen LogP) is 2.39. The van der Waals surface area contributed by atoms with Crippen LogP contribution in [0.2, 0.25) is 0 Å². The Labute approximate surface area is 156 Å². The molecule has 0 N–H and O–H groups in total. The number of rotatable bonds is 7. The van der Waals surface area contributed by atoms with Gasteiger partial charge in [0.2, 0.25) is 10.0 Å². The summed E-state index contributed by atoms with van der Waals surface area (Å²) < 4.78 is 32.1. The highest BCUT2D eigenvalue weighted by Gasteiger charge is 2.26. The van der Waals surface area contributed by atoms with Gasteiger partial charge in [-0.2, -0.15) is 4.31 Å². The number of aryl methyl sites for hydroxylation is 1. The lowest BCUT2D eigenvalue weighted by Gasteiger charge is -2.34. The summed E-state index contributed by atoms with van der Waals surface area (Å²) in [5, 5.41) is 0. The number of benzene rings is 2. The van der Waals surface area contributed by atoms with E-state index in [2.05, 4.69) is 11.0 Å². The maximum Gasteiger partial charge on any atom is 0.214 e. The molecule has 1 saturated heterocycles. The second-order valence-electron chi connectivity index (χ2n) is 6.58. The van der Waals surface area contributed by atoms with Crippen LogP contribution in [-0.2, 0) is 23.0 Å². The van der Waals surface area contributed by atoms with E-state index in [0.717, 1.165) is 30.9 Å². The van der Waals surface area contributed by atoms with E-state index in [-0.39, 0.29) is 5.75 Å². The number of methoxy groups -OCH3 is 1. The van der Waals surface area contributed by atoms with E-state index in [1.165, 1.54) is 5.56 Å². The van der Waals surface area contributed by atoms with Crippen LogP contribution in [0.1, 0.15) is 11.1 Å². The molecule has 26 heavy (non-hydrogen) atoms. The van der Waals surface area contributed by atoms with E-state index in [4.69, 9.17) is 4.74 Å². The van der Waals surface area contributed by atoms with Gasteiger partial charge >= 0.3 is 0 Å². The molecular formula is C20H26N2O3S. The zero-order valence-electron chi connectivity index (χ0n) is 15.2.